The summed E-state index contributed by atoms with van der Waals surface area (Å²) in [7, 11) is 0. The molecule has 0 aromatic heterocycles. The first kappa shape index (κ1) is 9.96. The van der Waals surface area contributed by atoms with E-state index in [9.17, 15) is 8.78 Å². The number of alkyl halides is 2. The zero-order chi connectivity index (χ0) is 9.68. The molecule has 0 amide bonds. The molecule has 0 aliphatic carbocycles. The van der Waals surface area contributed by atoms with Crippen LogP contribution >= 0.6 is 0 Å². The Balaban J connectivity index is 2.58. The molecule has 0 spiro atoms. The summed E-state index contributed by atoms with van der Waals surface area (Å²) >= 11 is 0. The molecule has 72 valence electrons. The van der Waals surface area contributed by atoms with E-state index in [1.165, 1.54) is 0 Å². The summed E-state index contributed by atoms with van der Waals surface area (Å²) in [4.78, 5) is 0. The van der Waals surface area contributed by atoms with Crippen LogP contribution in [0.5, 0.6) is 5.75 Å². The van der Waals surface area contributed by atoms with Crippen LogP contribution in [0.3, 0.4) is 0 Å². The predicted octanol–water partition coefficient (Wildman–Crippen LogP) is 2.89. The number of hydrogen-bond acceptors (Lipinski definition) is 1. The summed E-state index contributed by atoms with van der Waals surface area (Å²) in [5, 5.41) is 0. The highest BCUT2D eigenvalue weighted by Gasteiger charge is 2.05. The zero-order valence-corrected chi connectivity index (χ0v) is 7.47. The molecule has 3 heteroatoms. The molecule has 1 atom stereocenters. The lowest BCUT2D eigenvalue weighted by molar-refractivity contribution is 0.0434. The van der Waals surface area contributed by atoms with Crippen molar-refractivity contribution >= 4 is 0 Å². The lowest BCUT2D eigenvalue weighted by Crippen LogP contribution is -2.11. The van der Waals surface area contributed by atoms with Crippen LogP contribution in [0.4, 0.5) is 8.78 Å². The molecule has 1 nitrogen and oxygen atoms in total. The summed E-state index contributed by atoms with van der Waals surface area (Å²) < 4.78 is 28.7. The van der Waals surface area contributed by atoms with Gasteiger partial charge in [0.2, 0.25) is 0 Å². The van der Waals surface area contributed by atoms with Gasteiger partial charge in [-0.15, -0.1) is 0 Å². The third-order valence-electron chi connectivity index (χ3n) is 1.72. The van der Waals surface area contributed by atoms with Crippen LogP contribution in [-0.4, -0.2) is 13.0 Å². The minimum Gasteiger partial charge on any atom is -0.458 e. The Hall–Kier alpha value is -1.12. The summed E-state index contributed by atoms with van der Waals surface area (Å²) in [6.07, 6.45) is -0.935. The fourth-order valence-electron chi connectivity index (χ4n) is 0.983. The first-order valence-corrected chi connectivity index (χ1v) is 4.22. The number of halogens is 2. The van der Waals surface area contributed by atoms with Gasteiger partial charge in [0.05, 0.1) is 0 Å². The number of rotatable bonds is 4. The van der Waals surface area contributed by atoms with Gasteiger partial charge in [0.15, 0.2) is 6.67 Å². The first-order valence-electron chi connectivity index (χ1n) is 4.22. The number of hydrogen-bond donors (Lipinski definition) is 0. The van der Waals surface area contributed by atoms with Crippen LogP contribution in [0.25, 0.3) is 0 Å². The van der Waals surface area contributed by atoms with Gasteiger partial charge in [0.1, 0.15) is 5.75 Å². The van der Waals surface area contributed by atoms with Gasteiger partial charge in [-0.25, -0.2) is 4.39 Å². The molecule has 0 aliphatic rings. The smallest absolute Gasteiger partial charge is 0.266 e. The minimum absolute atomic E-state index is 0.363. The summed E-state index contributed by atoms with van der Waals surface area (Å²) in [5.41, 5.74) is 1.14. The van der Waals surface area contributed by atoms with Crippen molar-refractivity contribution in [1.29, 1.82) is 0 Å². The molecule has 1 rings (SSSR count). The van der Waals surface area contributed by atoms with E-state index < -0.39 is 13.0 Å². The van der Waals surface area contributed by atoms with E-state index in [0.717, 1.165) is 12.0 Å². The van der Waals surface area contributed by atoms with Gasteiger partial charge in [-0.3, -0.25) is 0 Å². The van der Waals surface area contributed by atoms with E-state index in [0.29, 0.717) is 5.75 Å². The molecule has 0 saturated heterocycles. The van der Waals surface area contributed by atoms with Gasteiger partial charge in [-0.1, -0.05) is 19.1 Å². The Kier molecular flexibility index (Phi) is 3.68. The van der Waals surface area contributed by atoms with Crippen LogP contribution in [0.2, 0.25) is 0 Å². The molecule has 0 heterocycles. The van der Waals surface area contributed by atoms with Crippen LogP contribution in [0.1, 0.15) is 12.5 Å². The fourth-order valence-corrected chi connectivity index (χ4v) is 0.983. The predicted molar refractivity (Wildman–Crippen MR) is 47.3 cm³/mol. The molecule has 0 aliphatic heterocycles. The highest BCUT2D eigenvalue weighted by atomic mass is 19.2. The maximum atomic E-state index is 12.4. The van der Waals surface area contributed by atoms with Crippen LogP contribution < -0.4 is 4.74 Å². The Morgan fingerprint density at radius 2 is 1.92 bits per heavy atom. The lowest BCUT2D eigenvalue weighted by atomic mass is 10.2. The molecule has 1 aromatic carbocycles. The fraction of sp³-hybridized carbons (Fsp3) is 0.400. The van der Waals surface area contributed by atoms with E-state index in [4.69, 9.17) is 0 Å². The third kappa shape index (κ3) is 3.01. The second kappa shape index (κ2) is 4.80. The Morgan fingerprint density at radius 3 is 2.38 bits per heavy atom. The van der Waals surface area contributed by atoms with Crippen molar-refractivity contribution < 1.29 is 13.5 Å². The van der Waals surface area contributed by atoms with Gasteiger partial charge in [0, 0.05) is 0 Å². The molecule has 0 saturated carbocycles. The standard InChI is InChI=1S/C10H12F2O/c1-2-8-3-5-9(6-4-8)13-10(12)7-11/h3-6,10H,2,7H2,1H3. The van der Waals surface area contributed by atoms with Crippen LogP contribution in [-0.2, 0) is 6.42 Å². The summed E-state index contributed by atoms with van der Waals surface area (Å²) in [6, 6.07) is 6.95. The Labute approximate surface area is 76.3 Å². The van der Waals surface area contributed by atoms with Gasteiger partial charge in [-0.2, -0.15) is 4.39 Å². The quantitative estimate of drug-likeness (QED) is 0.702. The Morgan fingerprint density at radius 1 is 1.31 bits per heavy atom. The first-order chi connectivity index (χ1) is 6.26. The van der Waals surface area contributed by atoms with E-state index in [1.807, 2.05) is 19.1 Å². The normalized spacial score (nSPS) is 12.5. The number of ether oxygens (including phenoxy) is 1. The average Bonchev–Trinajstić information content (AvgIpc) is 2.19. The maximum Gasteiger partial charge on any atom is 0.266 e. The SMILES string of the molecule is CCc1ccc(OC(F)CF)cc1. The lowest BCUT2D eigenvalue weighted by Gasteiger charge is -2.07. The average molecular weight is 186 g/mol. The van der Waals surface area contributed by atoms with E-state index in [-0.39, 0.29) is 0 Å². The van der Waals surface area contributed by atoms with Crippen molar-refractivity contribution in [3.63, 3.8) is 0 Å². The highest BCUT2D eigenvalue weighted by molar-refractivity contribution is 5.27. The number of aryl methyl sites for hydroxylation is 1. The highest BCUT2D eigenvalue weighted by Crippen LogP contribution is 2.14. The topological polar surface area (TPSA) is 9.23 Å². The molecule has 0 bridgehead atoms. The van der Waals surface area contributed by atoms with Crippen molar-refractivity contribution in [3.8, 4) is 5.75 Å². The van der Waals surface area contributed by atoms with E-state index >= 15 is 0 Å². The van der Waals surface area contributed by atoms with Crippen molar-refractivity contribution in [2.75, 3.05) is 6.67 Å². The largest absolute Gasteiger partial charge is 0.458 e. The number of benzene rings is 1. The van der Waals surface area contributed by atoms with Crippen LogP contribution in [0, 0.1) is 0 Å². The van der Waals surface area contributed by atoms with Gasteiger partial charge < -0.3 is 4.74 Å². The molecule has 0 N–H and O–H groups in total. The maximum absolute atomic E-state index is 12.4. The monoisotopic (exact) mass is 186 g/mol. The Bertz CT molecular complexity index is 246. The second-order valence-electron chi connectivity index (χ2n) is 2.68. The van der Waals surface area contributed by atoms with Crippen molar-refractivity contribution in [2.45, 2.75) is 19.7 Å². The van der Waals surface area contributed by atoms with Crippen molar-refractivity contribution in [3.05, 3.63) is 29.8 Å². The molecular weight excluding hydrogens is 174 g/mol. The van der Waals surface area contributed by atoms with Gasteiger partial charge in [-0.05, 0) is 24.1 Å². The molecule has 0 radical (unpaired) electrons. The zero-order valence-electron chi connectivity index (χ0n) is 7.47. The second-order valence-corrected chi connectivity index (χ2v) is 2.68. The van der Waals surface area contributed by atoms with Crippen LogP contribution in [0.15, 0.2) is 24.3 Å². The summed E-state index contributed by atoms with van der Waals surface area (Å²) in [6.45, 7) is 0.908. The minimum atomic E-state index is -1.85. The van der Waals surface area contributed by atoms with Crippen molar-refractivity contribution in [2.24, 2.45) is 0 Å². The molecule has 1 unspecified atom stereocenters. The molecular formula is C10H12F2O. The van der Waals surface area contributed by atoms with E-state index in [2.05, 4.69) is 4.74 Å². The summed E-state index contributed by atoms with van der Waals surface area (Å²) in [5.74, 6) is 0.363. The molecule has 0 fully saturated rings. The third-order valence-corrected chi connectivity index (χ3v) is 1.72. The van der Waals surface area contributed by atoms with E-state index in [1.54, 1.807) is 12.1 Å². The van der Waals surface area contributed by atoms with Crippen molar-refractivity contribution in [1.82, 2.24) is 0 Å². The van der Waals surface area contributed by atoms with Gasteiger partial charge >= 0.3 is 0 Å². The van der Waals surface area contributed by atoms with Gasteiger partial charge in [0.25, 0.3) is 6.36 Å². The molecule has 13 heavy (non-hydrogen) atoms. The molecule has 1 aromatic rings.